The van der Waals surface area contributed by atoms with Crippen LogP contribution in [0, 0.1) is 0 Å². The summed E-state index contributed by atoms with van der Waals surface area (Å²) in [6.07, 6.45) is -3.79. The van der Waals surface area contributed by atoms with E-state index in [-0.39, 0.29) is 10.4 Å². The van der Waals surface area contributed by atoms with E-state index in [1.54, 1.807) is 27.7 Å². The summed E-state index contributed by atoms with van der Waals surface area (Å²) in [5, 5.41) is 0. The average Bonchev–Trinajstić information content (AvgIpc) is 2.77. The average molecular weight is 301 g/mol. The van der Waals surface area contributed by atoms with Gasteiger partial charge in [-0.3, -0.25) is 0 Å². The zero-order valence-corrected chi connectivity index (χ0v) is 12.2. The van der Waals surface area contributed by atoms with E-state index in [9.17, 15) is 0 Å². The van der Waals surface area contributed by atoms with E-state index in [1.807, 2.05) is 0 Å². The van der Waals surface area contributed by atoms with Crippen molar-refractivity contribution in [1.82, 2.24) is 4.98 Å². The third-order valence-corrected chi connectivity index (χ3v) is 3.82. The van der Waals surface area contributed by atoms with Crippen molar-refractivity contribution in [1.29, 1.82) is 0 Å². The van der Waals surface area contributed by atoms with Gasteiger partial charge in [0, 0.05) is 31.7 Å². The molecule has 0 spiro atoms. The zero-order valence-electron chi connectivity index (χ0n) is 23.2. The van der Waals surface area contributed by atoms with Crippen molar-refractivity contribution in [3.05, 3.63) is 18.3 Å². The molecule has 1 aromatic heterocycles. The van der Waals surface area contributed by atoms with Gasteiger partial charge >= 0.3 is 7.12 Å². The highest BCUT2D eigenvalue weighted by Crippen LogP contribution is 2.36. The van der Waals surface area contributed by atoms with Crippen LogP contribution in [-0.2, 0) is 14.0 Å². The molecule has 6 heteroatoms. The summed E-state index contributed by atoms with van der Waals surface area (Å²) >= 11 is 0. The first-order valence-corrected chi connectivity index (χ1v) is 6.44. The summed E-state index contributed by atoms with van der Waals surface area (Å²) in [7, 11) is -4.47. The number of hydrogen-bond donors (Lipinski definition) is 0. The minimum atomic E-state index is -3.27. The first-order chi connectivity index (χ1) is 14.1. The normalized spacial score (nSPS) is 38.8. The molecule has 0 N–H and O–H groups in total. The lowest BCUT2D eigenvalue weighted by atomic mass is 9.80. The molecule has 3 rings (SSSR count). The van der Waals surface area contributed by atoms with Gasteiger partial charge in [0.1, 0.15) is 5.82 Å². The van der Waals surface area contributed by atoms with Gasteiger partial charge in [-0.05, 0) is 33.7 Å². The van der Waals surface area contributed by atoms with Crippen LogP contribution in [-0.4, -0.2) is 49.4 Å². The summed E-state index contributed by atoms with van der Waals surface area (Å²) in [5.74, 6) is -0.743. The molecule has 0 bridgehead atoms. The van der Waals surface area contributed by atoms with E-state index in [4.69, 9.17) is 24.4 Å². The van der Waals surface area contributed by atoms with Crippen molar-refractivity contribution in [3.8, 4) is 0 Å². The zero-order chi connectivity index (χ0) is 24.9. The summed E-state index contributed by atoms with van der Waals surface area (Å²) in [4.78, 5) is 4.06. The van der Waals surface area contributed by atoms with Crippen LogP contribution < -0.4 is 10.4 Å². The molecule has 2 saturated heterocycles. The number of methoxy groups -OCH3 is 1. The molecule has 0 aromatic carbocycles. The molecule has 0 saturated carbocycles. The van der Waals surface area contributed by atoms with Crippen molar-refractivity contribution < 1.29 is 29.1 Å². The highest BCUT2D eigenvalue weighted by molar-refractivity contribution is 6.62. The van der Waals surface area contributed by atoms with Crippen molar-refractivity contribution in [2.24, 2.45) is 0 Å². The lowest BCUT2D eigenvalue weighted by Crippen LogP contribution is -2.52. The molecule has 114 valence electrons. The van der Waals surface area contributed by atoms with Crippen molar-refractivity contribution in [2.45, 2.75) is 45.0 Å². The van der Waals surface area contributed by atoms with E-state index >= 15 is 0 Å². The molecule has 3 heterocycles. The van der Waals surface area contributed by atoms with Crippen LogP contribution in [0.15, 0.2) is 18.3 Å². The molecular weight excluding hydrogens is 267 g/mol. The van der Waals surface area contributed by atoms with Gasteiger partial charge in [-0.15, -0.1) is 0 Å². The summed E-state index contributed by atoms with van der Waals surface area (Å²) < 4.78 is 103. The summed E-state index contributed by atoms with van der Waals surface area (Å²) in [5.41, 5.74) is -1.79. The molecule has 0 unspecified atom stereocenters. The molecule has 0 radical (unpaired) electrons. The Labute approximate surface area is 142 Å². The Hall–Kier alpha value is -1.11. The van der Waals surface area contributed by atoms with Gasteiger partial charge < -0.3 is 18.9 Å². The maximum Gasteiger partial charge on any atom is 0.496 e. The van der Waals surface area contributed by atoms with Crippen LogP contribution in [0.3, 0.4) is 0 Å². The quantitative estimate of drug-likeness (QED) is 0.785. The van der Waals surface area contributed by atoms with Gasteiger partial charge in [0.05, 0.1) is 32.4 Å². The number of pyridine rings is 1. The molecule has 2 fully saturated rings. The number of anilines is 1. The third kappa shape index (κ3) is 2.56. The number of ether oxygens (including phenoxy) is 1. The highest BCUT2D eigenvalue weighted by Gasteiger charge is 2.51. The molecule has 2 aliphatic heterocycles. The Morgan fingerprint density at radius 2 is 2.10 bits per heavy atom. The second-order valence-corrected chi connectivity index (χ2v) is 5.79. The molecule has 0 aliphatic carbocycles. The Bertz CT molecular complexity index is 922. The fraction of sp³-hybridized carbons (Fsp3) is 0.667. The van der Waals surface area contributed by atoms with Crippen LogP contribution >= 0.6 is 0 Å². The first-order valence-electron chi connectivity index (χ1n) is 11.9. The minimum Gasteiger partial charge on any atom is -0.399 e. The third-order valence-electron chi connectivity index (χ3n) is 3.82. The van der Waals surface area contributed by atoms with Crippen molar-refractivity contribution in [2.75, 3.05) is 24.9 Å². The smallest absolute Gasteiger partial charge is 0.399 e. The van der Waals surface area contributed by atoms with E-state index in [0.717, 1.165) is 0 Å². The number of rotatable bonds is 3. The Morgan fingerprint density at radius 1 is 1.43 bits per heavy atom. The monoisotopic (exact) mass is 301 g/mol. The van der Waals surface area contributed by atoms with Crippen molar-refractivity contribution >= 4 is 18.4 Å². The van der Waals surface area contributed by atoms with E-state index in [2.05, 4.69) is 9.72 Å². The highest BCUT2D eigenvalue weighted by atomic mass is 16.7. The minimum absolute atomic E-state index is 0.185. The molecule has 5 nitrogen and oxygen atoms in total. The molecule has 1 aromatic rings. The maximum absolute atomic E-state index is 8.35. The van der Waals surface area contributed by atoms with E-state index in [0.29, 0.717) is 0 Å². The number of aromatic nitrogens is 1. The standard InChI is InChI=1S/C15H23BN2O3/c1-14(2)15(3,4)21-16(20-14)11-6-7-13(17-8-11)18-9-12(10-18)19-5/h6-8,12H,9-10H2,1-5H3/i5D3,6D,7D,8D,9D2,10D2,12D. The predicted octanol–water partition coefficient (Wildman–Crippen LogP) is 1.22. The van der Waals surface area contributed by atoms with Gasteiger partial charge in [-0.25, -0.2) is 4.98 Å². The van der Waals surface area contributed by atoms with Gasteiger partial charge in [0.15, 0.2) is 0 Å². The van der Waals surface area contributed by atoms with Crippen molar-refractivity contribution in [3.63, 3.8) is 0 Å². The predicted molar refractivity (Wildman–Crippen MR) is 83.0 cm³/mol. The maximum atomic E-state index is 8.35. The summed E-state index contributed by atoms with van der Waals surface area (Å²) in [6, 6.07) is -1.33. The Balaban J connectivity index is 2.07. The first kappa shape index (κ1) is 6.56. The second kappa shape index (κ2) is 4.97. The van der Waals surface area contributed by atoms with E-state index < -0.39 is 68.5 Å². The fourth-order valence-electron chi connectivity index (χ4n) is 1.83. The fourth-order valence-corrected chi connectivity index (χ4v) is 1.83. The van der Waals surface area contributed by atoms with Crippen LogP contribution in [0.1, 0.15) is 42.8 Å². The molecular formula is C15H23BN2O3. The van der Waals surface area contributed by atoms with Gasteiger partial charge in [0.25, 0.3) is 0 Å². The number of hydrogen-bond acceptors (Lipinski definition) is 5. The topological polar surface area (TPSA) is 43.8 Å². The van der Waals surface area contributed by atoms with Gasteiger partial charge in [-0.2, -0.15) is 0 Å². The van der Waals surface area contributed by atoms with Gasteiger partial charge in [0.2, 0.25) is 0 Å². The lowest BCUT2D eigenvalue weighted by Gasteiger charge is -2.39. The van der Waals surface area contributed by atoms with Crippen LogP contribution in [0.4, 0.5) is 5.82 Å². The lowest BCUT2D eigenvalue weighted by molar-refractivity contribution is 0.00578. The molecule has 2 aliphatic rings. The largest absolute Gasteiger partial charge is 0.496 e. The molecule has 21 heavy (non-hydrogen) atoms. The molecule has 0 atom stereocenters. The van der Waals surface area contributed by atoms with Crippen LogP contribution in [0.5, 0.6) is 0 Å². The second-order valence-electron chi connectivity index (χ2n) is 5.79. The molecule has 0 amide bonds. The Kier molecular flexibility index (Phi) is 1.55. The SMILES string of the molecule is [2H]c1nc(N2C([2H])([2H])C([2H])(OC([2H])([2H])[2H])C2([2H])[2H])c([2H])c([2H])c1B1OC(C)(C)C(C)(C)O1. The van der Waals surface area contributed by atoms with Gasteiger partial charge in [-0.1, -0.05) is 6.04 Å². The van der Waals surface area contributed by atoms with Crippen LogP contribution in [0.25, 0.3) is 0 Å². The van der Waals surface area contributed by atoms with Crippen LogP contribution in [0.2, 0.25) is 0 Å². The number of nitrogens with zero attached hydrogens (tertiary/aromatic N) is 2. The Morgan fingerprint density at radius 3 is 2.71 bits per heavy atom. The summed E-state index contributed by atoms with van der Waals surface area (Å²) in [6.45, 7) is 0.852. The van der Waals surface area contributed by atoms with E-state index in [1.165, 1.54) is 0 Å².